The highest BCUT2D eigenvalue weighted by atomic mass is 16.5. The molecule has 1 aliphatic rings. The summed E-state index contributed by atoms with van der Waals surface area (Å²) < 4.78 is 17.1. The van der Waals surface area contributed by atoms with E-state index in [2.05, 4.69) is 5.32 Å². The van der Waals surface area contributed by atoms with E-state index in [9.17, 15) is 9.59 Å². The number of benzene rings is 4. The Morgan fingerprint density at radius 2 is 1.35 bits per heavy atom. The summed E-state index contributed by atoms with van der Waals surface area (Å²) in [4.78, 5) is 27.0. The van der Waals surface area contributed by atoms with Crippen molar-refractivity contribution in [1.29, 1.82) is 0 Å². The lowest BCUT2D eigenvalue weighted by atomic mass is 9.94. The summed E-state index contributed by atoms with van der Waals surface area (Å²) in [6.45, 7) is 0.447. The van der Waals surface area contributed by atoms with Gasteiger partial charge in [0.1, 0.15) is 23.3 Å². The number of amides is 1. The van der Waals surface area contributed by atoms with Crippen molar-refractivity contribution in [2.45, 2.75) is 37.3 Å². The molecule has 1 N–H and O–H groups in total. The van der Waals surface area contributed by atoms with Crippen molar-refractivity contribution in [3.8, 4) is 17.2 Å². The first kappa shape index (κ1) is 27.2. The van der Waals surface area contributed by atoms with Gasteiger partial charge in [0.2, 0.25) is 5.91 Å². The van der Waals surface area contributed by atoms with E-state index in [-0.39, 0.29) is 24.7 Å². The van der Waals surface area contributed by atoms with E-state index >= 15 is 0 Å². The van der Waals surface area contributed by atoms with Gasteiger partial charge >= 0.3 is 0 Å². The molecule has 0 bridgehead atoms. The molecule has 0 heterocycles. The first-order valence-corrected chi connectivity index (χ1v) is 13.5. The minimum atomic E-state index is -0.771. The van der Waals surface area contributed by atoms with E-state index in [0.29, 0.717) is 12.4 Å². The number of carbonyl (C=O) groups excluding carboxylic acids is 2. The number of ketones is 1. The number of rotatable bonds is 13. The Morgan fingerprint density at radius 3 is 1.98 bits per heavy atom. The van der Waals surface area contributed by atoms with Gasteiger partial charge < -0.3 is 19.5 Å². The standard InChI is InChI=1S/C34H33NO5/c1-38-28-18-14-27(15-19-28)34(20-21-34)33(37)35-31(24-39-23-26-8-4-2-5-9-26)32(36)22-25-12-16-30(17-13-25)40-29-10-6-3-7-11-29/h2-19,31H,20-24H2,1H3,(H,35,37). The Morgan fingerprint density at radius 1 is 0.750 bits per heavy atom. The van der Waals surface area contributed by atoms with Gasteiger partial charge in [0.15, 0.2) is 5.78 Å². The number of carbonyl (C=O) groups is 2. The second-order valence-corrected chi connectivity index (χ2v) is 10.0. The van der Waals surface area contributed by atoms with Crippen molar-refractivity contribution in [3.63, 3.8) is 0 Å². The zero-order valence-electron chi connectivity index (χ0n) is 22.5. The summed E-state index contributed by atoms with van der Waals surface area (Å²) in [5, 5.41) is 3.03. The molecule has 6 heteroatoms. The predicted octanol–water partition coefficient (Wildman–Crippen LogP) is 6.03. The van der Waals surface area contributed by atoms with E-state index in [1.807, 2.05) is 109 Å². The van der Waals surface area contributed by atoms with Crippen LogP contribution in [0.2, 0.25) is 0 Å². The third-order valence-electron chi connectivity index (χ3n) is 7.20. The van der Waals surface area contributed by atoms with E-state index in [4.69, 9.17) is 14.2 Å². The lowest BCUT2D eigenvalue weighted by molar-refractivity contribution is -0.130. The van der Waals surface area contributed by atoms with Crippen molar-refractivity contribution in [2.75, 3.05) is 13.7 Å². The molecular formula is C34H33NO5. The molecule has 1 unspecified atom stereocenters. The maximum atomic E-state index is 13.5. The van der Waals surface area contributed by atoms with Crippen molar-refractivity contribution < 1.29 is 23.8 Å². The fourth-order valence-electron chi connectivity index (χ4n) is 4.69. The largest absolute Gasteiger partial charge is 0.497 e. The predicted molar refractivity (Wildman–Crippen MR) is 154 cm³/mol. The zero-order valence-corrected chi connectivity index (χ0v) is 22.5. The number of methoxy groups -OCH3 is 1. The summed E-state index contributed by atoms with van der Waals surface area (Å²) in [7, 11) is 1.62. The van der Waals surface area contributed by atoms with E-state index in [1.54, 1.807) is 7.11 Å². The molecule has 0 saturated heterocycles. The Labute approximate surface area is 234 Å². The van der Waals surface area contributed by atoms with Gasteiger partial charge in [-0.05, 0) is 65.9 Å². The number of hydrogen-bond acceptors (Lipinski definition) is 5. The van der Waals surface area contributed by atoms with Crippen LogP contribution < -0.4 is 14.8 Å². The van der Waals surface area contributed by atoms with E-state index < -0.39 is 11.5 Å². The molecule has 6 nitrogen and oxygen atoms in total. The van der Waals surface area contributed by atoms with E-state index in [0.717, 1.165) is 41.0 Å². The van der Waals surface area contributed by atoms with Crippen molar-refractivity contribution >= 4 is 11.7 Å². The van der Waals surface area contributed by atoms with Crippen LogP contribution in [0, 0.1) is 0 Å². The van der Waals surface area contributed by atoms with Crippen LogP contribution in [0.3, 0.4) is 0 Å². The van der Waals surface area contributed by atoms with Crippen LogP contribution in [0.4, 0.5) is 0 Å². The highest BCUT2D eigenvalue weighted by molar-refractivity contribution is 5.96. The van der Waals surface area contributed by atoms with Crippen molar-refractivity contribution in [1.82, 2.24) is 5.32 Å². The summed E-state index contributed by atoms with van der Waals surface area (Å²) in [5.74, 6) is 1.92. The average molecular weight is 536 g/mol. The third-order valence-corrected chi connectivity index (χ3v) is 7.20. The van der Waals surface area contributed by atoms with Gasteiger partial charge in [-0.3, -0.25) is 9.59 Å². The first-order chi connectivity index (χ1) is 19.6. The molecule has 1 fully saturated rings. The monoisotopic (exact) mass is 535 g/mol. The SMILES string of the molecule is COc1ccc(C2(C(=O)NC(COCc3ccccc3)C(=O)Cc3ccc(Oc4ccccc4)cc3)CC2)cc1. The molecule has 1 amide bonds. The molecule has 0 spiro atoms. The maximum Gasteiger partial charge on any atom is 0.231 e. The van der Waals surface area contributed by atoms with Crippen molar-refractivity contribution in [2.24, 2.45) is 0 Å². The molecule has 4 aromatic rings. The average Bonchev–Trinajstić information content (AvgIpc) is 3.81. The van der Waals surface area contributed by atoms with Gasteiger partial charge in [-0.2, -0.15) is 0 Å². The lowest BCUT2D eigenvalue weighted by Gasteiger charge is -2.22. The minimum absolute atomic E-state index is 0.0906. The zero-order chi connectivity index (χ0) is 27.8. The minimum Gasteiger partial charge on any atom is -0.497 e. The fraction of sp³-hybridized carbons (Fsp3) is 0.235. The number of para-hydroxylation sites is 1. The van der Waals surface area contributed by atoms with Gasteiger partial charge in [-0.25, -0.2) is 0 Å². The number of Topliss-reactive ketones (excluding diaryl/α,β-unsaturated/α-hetero) is 1. The summed E-state index contributed by atoms with van der Waals surface area (Å²) in [5.41, 5.74) is 2.15. The molecule has 0 radical (unpaired) electrons. The Kier molecular flexibility index (Phi) is 8.57. The van der Waals surface area contributed by atoms with Crippen LogP contribution in [-0.4, -0.2) is 31.4 Å². The topological polar surface area (TPSA) is 73.9 Å². The summed E-state index contributed by atoms with van der Waals surface area (Å²) in [6.07, 6.45) is 1.64. The van der Waals surface area contributed by atoms with Gasteiger partial charge in [0.05, 0.1) is 25.7 Å². The van der Waals surface area contributed by atoms with Crippen molar-refractivity contribution in [3.05, 3.63) is 126 Å². The molecule has 1 atom stereocenters. The summed E-state index contributed by atoms with van der Waals surface area (Å²) in [6, 6.07) is 33.5. The molecule has 0 aliphatic heterocycles. The van der Waals surface area contributed by atoms with Gasteiger partial charge in [0, 0.05) is 6.42 Å². The molecular weight excluding hydrogens is 502 g/mol. The second-order valence-electron chi connectivity index (χ2n) is 10.0. The number of nitrogens with one attached hydrogen (secondary N) is 1. The Balaban J connectivity index is 1.26. The summed E-state index contributed by atoms with van der Waals surface area (Å²) >= 11 is 0. The fourth-order valence-corrected chi connectivity index (χ4v) is 4.69. The van der Waals surface area contributed by atoms with Crippen LogP contribution >= 0.6 is 0 Å². The molecule has 1 saturated carbocycles. The van der Waals surface area contributed by atoms with Gasteiger partial charge in [-0.15, -0.1) is 0 Å². The van der Waals surface area contributed by atoms with Gasteiger partial charge in [0.25, 0.3) is 0 Å². The maximum absolute atomic E-state index is 13.5. The van der Waals surface area contributed by atoms with Crippen LogP contribution in [0.5, 0.6) is 17.2 Å². The highest BCUT2D eigenvalue weighted by Crippen LogP contribution is 2.48. The Hall–Kier alpha value is -4.42. The van der Waals surface area contributed by atoms with Crippen LogP contribution in [0.25, 0.3) is 0 Å². The van der Waals surface area contributed by atoms with Crippen LogP contribution in [0.1, 0.15) is 29.5 Å². The molecule has 4 aromatic carbocycles. The first-order valence-electron chi connectivity index (χ1n) is 13.5. The molecule has 1 aliphatic carbocycles. The normalized spacial score (nSPS) is 14.1. The highest BCUT2D eigenvalue weighted by Gasteiger charge is 2.51. The second kappa shape index (κ2) is 12.6. The molecule has 0 aromatic heterocycles. The lowest BCUT2D eigenvalue weighted by Crippen LogP contribution is -2.48. The quantitative estimate of drug-likeness (QED) is 0.226. The smallest absolute Gasteiger partial charge is 0.231 e. The number of ether oxygens (including phenoxy) is 3. The Bertz CT molecular complexity index is 1400. The molecule has 5 rings (SSSR count). The molecule has 204 valence electrons. The number of hydrogen-bond donors (Lipinski definition) is 1. The van der Waals surface area contributed by atoms with E-state index in [1.165, 1.54) is 0 Å². The van der Waals surface area contributed by atoms with Crippen LogP contribution in [0.15, 0.2) is 109 Å². The molecule has 40 heavy (non-hydrogen) atoms. The van der Waals surface area contributed by atoms with Crippen LogP contribution in [-0.2, 0) is 32.8 Å². The van der Waals surface area contributed by atoms with Gasteiger partial charge in [-0.1, -0.05) is 72.8 Å². The third kappa shape index (κ3) is 6.77.